The lowest BCUT2D eigenvalue weighted by molar-refractivity contribution is -0.138. The zero-order chi connectivity index (χ0) is 92.0. The fraction of sp³-hybridized carbons (Fsp3) is 0.543. The minimum atomic E-state index is -2.14. The summed E-state index contributed by atoms with van der Waals surface area (Å²) in [6.45, 7) is 6.24. The molecule has 0 aromatic heterocycles. The number of hydrogen-bond donors (Lipinski definition) is 26. The molecule has 43 nitrogen and oxygen atoms in total. The molecular formula is C81H119N21O22. The normalized spacial score (nSPS) is 18.8. The number of carboxylic acids is 2. The van der Waals surface area contributed by atoms with E-state index in [0.717, 1.165) is 9.80 Å². The summed E-state index contributed by atoms with van der Waals surface area (Å²) in [4.78, 5) is 103. The molecule has 0 saturated carbocycles. The van der Waals surface area contributed by atoms with Gasteiger partial charge >= 0.3 is 11.9 Å². The molecule has 3 aromatic carbocycles. The smallest absolute Gasteiger partial charge is 0.306 e. The van der Waals surface area contributed by atoms with Gasteiger partial charge in [0.25, 0.3) is 0 Å². The van der Waals surface area contributed by atoms with Crippen molar-refractivity contribution in [2.24, 2.45) is 84.0 Å². The average molecular weight is 1740 g/mol. The van der Waals surface area contributed by atoms with Crippen LogP contribution in [0.3, 0.4) is 0 Å². The molecule has 124 heavy (non-hydrogen) atoms. The minimum Gasteiger partial charge on any atom is -0.508 e. The molecular weight excluding hydrogens is 1620 g/mol. The van der Waals surface area contributed by atoms with Gasteiger partial charge in [0, 0.05) is 45.3 Å². The Labute approximate surface area is 715 Å². The van der Waals surface area contributed by atoms with Crippen LogP contribution in [0.2, 0.25) is 0 Å². The van der Waals surface area contributed by atoms with Crippen molar-refractivity contribution >= 4 is 112 Å². The first-order valence-electron chi connectivity index (χ1n) is 40.5. The van der Waals surface area contributed by atoms with Gasteiger partial charge in [0.15, 0.2) is 17.8 Å². The highest BCUT2D eigenvalue weighted by atomic mass is 16.4. The third-order valence-electron chi connectivity index (χ3n) is 19.6. The number of carbonyl (C=O) groups excluding carboxylic acids is 2. The zero-order valence-corrected chi connectivity index (χ0v) is 69.5. The molecule has 0 radical (unpaired) electrons. The van der Waals surface area contributed by atoms with E-state index < -0.39 is 236 Å². The Morgan fingerprint density at radius 1 is 0.435 bits per heavy atom. The largest absolute Gasteiger partial charge is 0.508 e. The number of nitrogens with zero attached hydrogens (tertiary/aromatic N) is 13. The number of aromatic hydroxyl groups is 1. The van der Waals surface area contributed by atoms with E-state index in [4.69, 9.17) is 38.8 Å². The van der Waals surface area contributed by atoms with Gasteiger partial charge in [-0.15, -0.1) is 0 Å². The van der Waals surface area contributed by atoms with Crippen LogP contribution in [0.25, 0.3) is 0 Å². The van der Waals surface area contributed by atoms with Crippen LogP contribution in [0.4, 0.5) is 0 Å². The van der Waals surface area contributed by atoms with E-state index in [1.165, 1.54) is 24.3 Å². The second-order valence-electron chi connectivity index (χ2n) is 30.7. The van der Waals surface area contributed by atoms with Crippen molar-refractivity contribution in [3.05, 3.63) is 102 Å². The Bertz CT molecular complexity index is 4410. The Balaban J connectivity index is 1.55. The zero-order valence-electron chi connectivity index (χ0n) is 69.5. The van der Waals surface area contributed by atoms with Gasteiger partial charge in [-0.2, -0.15) is 0 Å². The van der Waals surface area contributed by atoms with Crippen molar-refractivity contribution in [2.75, 3.05) is 32.8 Å². The second-order valence-corrected chi connectivity index (χ2v) is 30.7. The summed E-state index contributed by atoms with van der Waals surface area (Å²) in [6.07, 6.45) is -4.41. The molecule has 2 heterocycles. The number of unbranched alkanes of at least 4 members (excludes halogenated alkanes) is 1. The van der Waals surface area contributed by atoms with Crippen LogP contribution in [-0.2, 0) is 38.4 Å². The Morgan fingerprint density at radius 2 is 0.806 bits per heavy atom. The highest BCUT2D eigenvalue weighted by Gasteiger charge is 2.41. The maximum Gasteiger partial charge on any atom is 0.306 e. The van der Waals surface area contributed by atoms with Crippen molar-refractivity contribution in [3.8, 4) is 5.75 Å². The maximum atomic E-state index is 14.8. The maximum absolute atomic E-state index is 14.8. The van der Waals surface area contributed by atoms with Crippen LogP contribution in [0.1, 0.15) is 147 Å². The number of carbonyl (C=O) groups is 4. The number of aliphatic hydroxyl groups excluding tert-OH is 15. The molecule has 680 valence electrons. The van der Waals surface area contributed by atoms with Gasteiger partial charge in [-0.25, -0.2) is 54.9 Å². The number of benzene rings is 3. The van der Waals surface area contributed by atoms with Gasteiger partial charge in [-0.3, -0.25) is 40.8 Å². The van der Waals surface area contributed by atoms with E-state index in [-0.39, 0.29) is 127 Å². The third-order valence-corrected chi connectivity index (χ3v) is 19.6. The van der Waals surface area contributed by atoms with E-state index in [9.17, 15) is 111 Å². The molecule has 3 aromatic rings. The standard InChI is InChI=1S/C81H119N21O22/c1-43(2)34-54(95-72(116)55(35-44(3)4)96-74(118)56(94-68(112)49(83)42-103)37-46-18-9-6-10-19-46)71(115)91-51(21-13-31-89-81(87)88)70(114)100-60(40-64(85)106)80(124)102-33-15-23-62(102)78(122)99-58(39-63(84)105)75(119)98-59(41-66(109)110)76(120)90-50(20-11-12-30-82)69(113)97-57(38-47-24-26-48(104)27-25-47)73(117)92-52(28-29-65(107)108)79(123)101-32-14-22-61(101)77(121)93-53(67(86)111)36-45-16-7-5-8-17-45/h5-10,16-19,24-27,43-44,49-62,103-104H,11-15,20-23,28-42,82-83H2,1-4H3,(H2,84,105)(H2,85,106)(H2,86,111)(H,90,120)(H,91,115)(H,92,117)(H,93,121)(H,94,112)(H,95,116)(H,96,118)(H,97,113)(H,98,119)(H,99,122)(H,100,114)(H,107,108)(H,109,110)(H4,87,88,89). The highest BCUT2D eigenvalue weighted by Crippen LogP contribution is 2.27. The first-order valence-corrected chi connectivity index (χ1v) is 40.5. The number of guanidine groups is 1. The molecule has 2 aliphatic heterocycles. The van der Waals surface area contributed by atoms with Crippen molar-refractivity contribution in [1.82, 2.24) is 15.1 Å². The molecule has 14 atom stereocenters. The lowest BCUT2D eigenvalue weighted by atomic mass is 10.0. The Hall–Kier alpha value is -12.9. The predicted molar refractivity (Wildman–Crippen MR) is 469 cm³/mol. The third kappa shape index (κ3) is 34.5. The van der Waals surface area contributed by atoms with Crippen LogP contribution < -0.4 is 22.5 Å². The molecule has 2 amide bonds. The van der Waals surface area contributed by atoms with Crippen molar-refractivity contribution in [1.29, 1.82) is 21.6 Å². The quantitative estimate of drug-likeness (QED) is 0.0163. The number of phenols is 1. The summed E-state index contributed by atoms with van der Waals surface area (Å²) in [5.41, 5.74) is 18.8. The number of phenolic OH excluding ortho intramolecular Hbond substituents is 1. The van der Waals surface area contributed by atoms with Crippen molar-refractivity contribution in [2.45, 2.75) is 234 Å². The number of amides is 2. The molecule has 2 saturated heterocycles. The number of aliphatic imine (C=N–C) groups is 11. The number of rotatable bonds is 53. The van der Waals surface area contributed by atoms with Crippen LogP contribution in [-0.4, -0.2) is 331 Å². The fourth-order valence-corrected chi connectivity index (χ4v) is 13.3. The first kappa shape index (κ1) is 102. The topological polar surface area (TPSA) is 760 Å². The van der Waals surface area contributed by atoms with E-state index in [1.54, 1.807) is 88.4 Å². The van der Waals surface area contributed by atoms with E-state index in [2.05, 4.69) is 60.2 Å². The van der Waals surface area contributed by atoms with E-state index >= 15 is 0 Å². The predicted octanol–water partition coefficient (Wildman–Crippen LogP) is 6.51. The average Bonchev–Trinajstić information content (AvgIpc) is 1.77. The molecule has 29 N–H and O–H groups in total. The summed E-state index contributed by atoms with van der Waals surface area (Å²) in [5, 5.41) is 234. The summed E-state index contributed by atoms with van der Waals surface area (Å²) < 4.78 is 0. The number of hydrogen-bond acceptors (Lipinski definition) is 23. The number of likely N-dealkylation sites (tertiary alicyclic amines) is 2. The lowest BCUT2D eigenvalue weighted by Gasteiger charge is -2.27. The van der Waals surface area contributed by atoms with Crippen molar-refractivity contribution in [3.63, 3.8) is 0 Å². The van der Waals surface area contributed by atoms with Gasteiger partial charge in [0.2, 0.25) is 82.6 Å². The van der Waals surface area contributed by atoms with Crippen LogP contribution >= 0.6 is 0 Å². The number of nitrogens with one attached hydrogen (secondary N) is 5. The Kier molecular flexibility index (Phi) is 41.9. The second kappa shape index (κ2) is 51.1. The van der Waals surface area contributed by atoms with E-state index in [0.29, 0.717) is 23.1 Å². The molecule has 0 aliphatic carbocycles. The lowest BCUT2D eigenvalue weighted by Crippen LogP contribution is -2.46. The summed E-state index contributed by atoms with van der Waals surface area (Å²) in [6, 6.07) is 0.616. The van der Waals surface area contributed by atoms with Gasteiger partial charge in [0.1, 0.15) is 90.3 Å². The molecule has 0 spiro atoms. The van der Waals surface area contributed by atoms with Crippen LogP contribution in [0, 0.1) is 33.5 Å². The van der Waals surface area contributed by atoms with Crippen molar-refractivity contribution < 1.29 is 111 Å². The monoisotopic (exact) mass is 1740 g/mol. The van der Waals surface area contributed by atoms with E-state index in [1.807, 2.05) is 0 Å². The molecule has 43 heteroatoms. The van der Waals surface area contributed by atoms with Crippen LogP contribution in [0.15, 0.2) is 140 Å². The minimum absolute atomic E-state index is 0.00613. The Morgan fingerprint density at radius 3 is 1.24 bits per heavy atom. The summed E-state index contributed by atoms with van der Waals surface area (Å²) in [5.74, 6) is -19.3. The molecule has 14 unspecified atom stereocenters. The number of aliphatic carboxylic acids is 2. The van der Waals surface area contributed by atoms with Gasteiger partial charge < -0.3 is 124 Å². The van der Waals surface area contributed by atoms with Gasteiger partial charge in [-0.05, 0) is 124 Å². The fourth-order valence-electron chi connectivity index (χ4n) is 13.3. The van der Waals surface area contributed by atoms with Gasteiger partial charge in [-0.1, -0.05) is 100 Å². The first-order chi connectivity index (χ1) is 58.7. The number of nitrogens with two attached hydrogens (primary N) is 3. The molecule has 5 rings (SSSR count). The number of aliphatic hydroxyl groups is 15. The molecule has 2 aliphatic rings. The summed E-state index contributed by atoms with van der Waals surface area (Å²) >= 11 is 0. The van der Waals surface area contributed by atoms with Gasteiger partial charge in [0.05, 0.1) is 25.9 Å². The molecule has 0 bridgehead atoms. The van der Waals surface area contributed by atoms with Crippen LogP contribution in [0.5, 0.6) is 5.75 Å². The number of carboxylic acid groups (broad SMARTS) is 2. The SMILES string of the molecule is CC(C)CC(N=C(O)C(Cc1ccccc1)N=C(O)C(N)CO)C(O)=NC(CC(C)C)C(O)=NC(CCCNC(=N)N)C(O)=NC(CC(=N)O)C(=O)N1CCCC1C(O)=NC(CC(=N)O)C(O)=NC(CC(=O)O)C(O)=NC(CCCCN)C(O)=NC(Cc1ccc(O)cc1)C(O)=NC(CCC(=O)O)C(=O)N1CCCC1C(O)=NC(Cc1ccccc1)C(=N)O. The highest BCUT2D eigenvalue weighted by molar-refractivity contribution is 5.99. The molecule has 2 fully saturated rings. The summed E-state index contributed by atoms with van der Waals surface area (Å²) in [7, 11) is 0.